The first kappa shape index (κ1) is 22.6. The maximum atomic E-state index is 12.8. The van der Waals surface area contributed by atoms with E-state index in [1.807, 2.05) is 0 Å². The molecule has 0 spiro atoms. The molecule has 0 bridgehead atoms. The molecule has 0 aromatic heterocycles. The van der Waals surface area contributed by atoms with Crippen LogP contribution in [0.5, 0.6) is 11.5 Å². The Morgan fingerprint density at radius 1 is 1.03 bits per heavy atom. The zero-order valence-electron chi connectivity index (χ0n) is 15.0. The fraction of sp³-hybridized carbons (Fsp3) is 0.222. The molecule has 0 saturated carbocycles. The molecular formula is C18H14Cl2F3NO5. The van der Waals surface area contributed by atoms with Crippen molar-refractivity contribution in [2.45, 2.75) is 6.18 Å². The van der Waals surface area contributed by atoms with Gasteiger partial charge in [-0.25, -0.2) is 4.79 Å². The number of hydrogen-bond donors (Lipinski definition) is 1. The van der Waals surface area contributed by atoms with Crippen molar-refractivity contribution < 1.29 is 37.0 Å². The first-order valence-electron chi connectivity index (χ1n) is 7.82. The molecule has 2 aromatic carbocycles. The predicted octanol–water partition coefficient (Wildman–Crippen LogP) is 4.82. The summed E-state index contributed by atoms with van der Waals surface area (Å²) >= 11 is 11.8. The molecule has 0 atom stereocenters. The van der Waals surface area contributed by atoms with E-state index in [4.69, 9.17) is 37.4 Å². The summed E-state index contributed by atoms with van der Waals surface area (Å²) in [5.41, 5.74) is -1.27. The van der Waals surface area contributed by atoms with Crippen molar-refractivity contribution in [3.05, 3.63) is 51.5 Å². The van der Waals surface area contributed by atoms with Crippen LogP contribution < -0.4 is 14.8 Å². The summed E-state index contributed by atoms with van der Waals surface area (Å²) in [5, 5.41) is 2.14. The normalized spacial score (nSPS) is 11.0. The summed E-state index contributed by atoms with van der Waals surface area (Å²) in [6.45, 7) is -0.766. The van der Waals surface area contributed by atoms with Gasteiger partial charge in [-0.2, -0.15) is 13.2 Å². The van der Waals surface area contributed by atoms with Gasteiger partial charge in [0.2, 0.25) is 0 Å². The fourth-order valence-corrected chi connectivity index (χ4v) is 2.69. The highest BCUT2D eigenvalue weighted by Crippen LogP contribution is 2.36. The number of alkyl halides is 3. The van der Waals surface area contributed by atoms with E-state index in [0.717, 1.165) is 12.1 Å². The zero-order valence-corrected chi connectivity index (χ0v) is 16.5. The van der Waals surface area contributed by atoms with Crippen LogP contribution in [0.25, 0.3) is 0 Å². The smallest absolute Gasteiger partial charge is 0.416 e. The quantitative estimate of drug-likeness (QED) is 0.637. The van der Waals surface area contributed by atoms with Crippen molar-refractivity contribution in [1.82, 2.24) is 0 Å². The van der Waals surface area contributed by atoms with Crippen LogP contribution >= 0.6 is 23.2 Å². The third-order valence-electron chi connectivity index (χ3n) is 3.57. The number of carbonyl (C=O) groups excluding carboxylic acids is 2. The Bertz CT molecular complexity index is 934. The van der Waals surface area contributed by atoms with Crippen molar-refractivity contribution in [2.75, 3.05) is 26.1 Å². The first-order chi connectivity index (χ1) is 13.6. The van der Waals surface area contributed by atoms with E-state index in [9.17, 15) is 22.8 Å². The minimum absolute atomic E-state index is 0.0162. The average molecular weight is 452 g/mol. The number of benzene rings is 2. The van der Waals surface area contributed by atoms with E-state index >= 15 is 0 Å². The lowest BCUT2D eigenvalue weighted by molar-refractivity contribution is -0.137. The van der Waals surface area contributed by atoms with Crippen LogP contribution in [0.1, 0.15) is 15.9 Å². The first-order valence-corrected chi connectivity index (χ1v) is 8.57. The van der Waals surface area contributed by atoms with Crippen molar-refractivity contribution in [1.29, 1.82) is 0 Å². The number of ether oxygens (including phenoxy) is 3. The fourth-order valence-electron chi connectivity index (χ4n) is 2.23. The Morgan fingerprint density at radius 3 is 2.31 bits per heavy atom. The molecule has 1 amide bonds. The molecule has 0 radical (unpaired) electrons. The minimum Gasteiger partial charge on any atom is -0.493 e. The van der Waals surface area contributed by atoms with Gasteiger partial charge < -0.3 is 19.5 Å². The van der Waals surface area contributed by atoms with Crippen LogP contribution in [-0.2, 0) is 15.7 Å². The highest BCUT2D eigenvalue weighted by molar-refractivity contribution is 6.33. The maximum Gasteiger partial charge on any atom is 0.416 e. The van der Waals surface area contributed by atoms with E-state index < -0.39 is 30.2 Å². The second-order valence-electron chi connectivity index (χ2n) is 5.51. The van der Waals surface area contributed by atoms with Crippen LogP contribution in [0.15, 0.2) is 30.3 Å². The van der Waals surface area contributed by atoms with Gasteiger partial charge in [-0.1, -0.05) is 23.2 Å². The summed E-state index contributed by atoms with van der Waals surface area (Å²) in [6.07, 6.45) is -4.61. The van der Waals surface area contributed by atoms with Crippen molar-refractivity contribution >= 4 is 40.8 Å². The minimum atomic E-state index is -4.61. The monoisotopic (exact) mass is 451 g/mol. The third kappa shape index (κ3) is 5.68. The van der Waals surface area contributed by atoms with Gasteiger partial charge in [0.15, 0.2) is 18.1 Å². The van der Waals surface area contributed by atoms with Gasteiger partial charge in [0.05, 0.1) is 41.1 Å². The van der Waals surface area contributed by atoms with Gasteiger partial charge in [-0.3, -0.25) is 4.79 Å². The standard InChI is InChI=1S/C18H14Cl2F3NO5/c1-27-14-6-9(5-12(20)16(14)28-2)17(26)29-8-15(25)24-13-7-10(18(21,22)23)3-4-11(13)19/h3-7H,8H2,1-2H3,(H,24,25). The third-order valence-corrected chi connectivity index (χ3v) is 4.18. The predicted molar refractivity (Wildman–Crippen MR) is 99.9 cm³/mol. The van der Waals surface area contributed by atoms with Crippen LogP contribution in [0.2, 0.25) is 10.0 Å². The molecule has 11 heteroatoms. The number of halogens is 5. The van der Waals surface area contributed by atoms with Crippen molar-refractivity contribution in [3.63, 3.8) is 0 Å². The largest absolute Gasteiger partial charge is 0.493 e. The van der Waals surface area contributed by atoms with E-state index in [1.54, 1.807) is 0 Å². The Hall–Kier alpha value is -2.65. The van der Waals surface area contributed by atoms with E-state index in [0.29, 0.717) is 6.07 Å². The Kier molecular flexibility index (Phi) is 7.21. The lowest BCUT2D eigenvalue weighted by atomic mass is 10.2. The molecule has 0 fully saturated rings. The van der Waals surface area contributed by atoms with Gasteiger partial charge >= 0.3 is 12.1 Å². The molecule has 2 rings (SSSR count). The lowest BCUT2D eigenvalue weighted by Gasteiger charge is -2.13. The molecule has 0 aliphatic carbocycles. The van der Waals surface area contributed by atoms with Crippen molar-refractivity contribution in [3.8, 4) is 11.5 Å². The van der Waals surface area contributed by atoms with E-state index in [1.165, 1.54) is 26.4 Å². The Balaban J connectivity index is 2.06. The number of anilines is 1. The second kappa shape index (κ2) is 9.23. The molecule has 0 heterocycles. The molecule has 6 nitrogen and oxygen atoms in total. The number of carbonyl (C=O) groups is 2. The summed E-state index contributed by atoms with van der Waals surface area (Å²) in [7, 11) is 2.71. The summed E-state index contributed by atoms with van der Waals surface area (Å²) in [6, 6.07) is 5.01. The molecule has 2 aromatic rings. The SMILES string of the molecule is COc1cc(C(=O)OCC(=O)Nc2cc(C(F)(F)F)ccc2Cl)cc(Cl)c1OC. The summed E-state index contributed by atoms with van der Waals surface area (Å²) < 4.78 is 53.3. The van der Waals surface area contributed by atoms with Crippen molar-refractivity contribution in [2.24, 2.45) is 0 Å². The van der Waals surface area contributed by atoms with Gasteiger partial charge in [-0.05, 0) is 30.3 Å². The highest BCUT2D eigenvalue weighted by atomic mass is 35.5. The molecule has 1 N–H and O–H groups in total. The topological polar surface area (TPSA) is 73.9 Å². The van der Waals surface area contributed by atoms with E-state index in [2.05, 4.69) is 5.32 Å². The van der Waals surface area contributed by atoms with Crippen LogP contribution in [0, 0.1) is 0 Å². The number of methoxy groups -OCH3 is 2. The van der Waals surface area contributed by atoms with Gasteiger partial charge in [0.25, 0.3) is 5.91 Å². The summed E-state index contributed by atoms with van der Waals surface area (Å²) in [5.74, 6) is -1.40. The maximum absolute atomic E-state index is 12.8. The number of esters is 1. The van der Waals surface area contributed by atoms with Gasteiger partial charge in [0, 0.05) is 0 Å². The number of rotatable bonds is 6. The number of hydrogen-bond acceptors (Lipinski definition) is 5. The lowest BCUT2D eigenvalue weighted by Crippen LogP contribution is -2.21. The van der Waals surface area contributed by atoms with Crippen LogP contribution in [0.3, 0.4) is 0 Å². The number of nitrogens with one attached hydrogen (secondary N) is 1. The molecule has 0 unspecified atom stereocenters. The molecule has 0 aliphatic heterocycles. The Morgan fingerprint density at radius 2 is 1.72 bits per heavy atom. The Labute approximate surface area is 173 Å². The average Bonchev–Trinajstić information content (AvgIpc) is 2.66. The molecular weight excluding hydrogens is 438 g/mol. The van der Waals surface area contributed by atoms with E-state index in [-0.39, 0.29) is 32.8 Å². The van der Waals surface area contributed by atoms with Crippen LogP contribution in [-0.4, -0.2) is 32.7 Å². The second-order valence-corrected chi connectivity index (χ2v) is 6.32. The molecule has 29 heavy (non-hydrogen) atoms. The molecule has 156 valence electrons. The molecule has 0 aliphatic rings. The highest BCUT2D eigenvalue weighted by Gasteiger charge is 2.31. The number of amides is 1. The van der Waals surface area contributed by atoms with Gasteiger partial charge in [-0.15, -0.1) is 0 Å². The van der Waals surface area contributed by atoms with Crippen LogP contribution in [0.4, 0.5) is 18.9 Å². The van der Waals surface area contributed by atoms with Gasteiger partial charge in [0.1, 0.15) is 0 Å². The zero-order chi connectivity index (χ0) is 21.8. The summed E-state index contributed by atoms with van der Waals surface area (Å²) in [4.78, 5) is 24.1. The molecule has 0 saturated heterocycles.